The van der Waals surface area contributed by atoms with Gasteiger partial charge in [0.05, 0.1) is 12.7 Å². The summed E-state index contributed by atoms with van der Waals surface area (Å²) in [5, 5.41) is 8.90. The van der Waals surface area contributed by atoms with Crippen LogP contribution in [0, 0.1) is 0 Å². The molecule has 1 saturated heterocycles. The zero-order valence-corrected chi connectivity index (χ0v) is 16.4. The zero-order valence-electron chi connectivity index (χ0n) is 15.7. The van der Waals surface area contributed by atoms with Gasteiger partial charge in [-0.1, -0.05) is 65.3 Å². The Bertz CT molecular complexity index is 940. The molecule has 0 unspecified atom stereocenters. The third-order valence-corrected chi connectivity index (χ3v) is 5.70. The third kappa shape index (κ3) is 4.25. The number of rotatable bonds is 4. The van der Waals surface area contributed by atoms with Crippen LogP contribution in [0.3, 0.4) is 0 Å². The smallest absolute Gasteiger partial charge is 0.276 e. The lowest BCUT2D eigenvalue weighted by Crippen LogP contribution is -2.32. The van der Waals surface area contributed by atoms with Crippen LogP contribution in [0.4, 0.5) is 0 Å². The van der Waals surface area contributed by atoms with Crippen molar-refractivity contribution in [1.82, 2.24) is 19.9 Å². The van der Waals surface area contributed by atoms with Gasteiger partial charge in [-0.05, 0) is 42.4 Å². The highest BCUT2D eigenvalue weighted by Gasteiger charge is 2.24. The molecule has 1 aliphatic heterocycles. The van der Waals surface area contributed by atoms with Crippen molar-refractivity contribution < 1.29 is 4.79 Å². The second-order valence-electron chi connectivity index (χ2n) is 7.22. The third-order valence-electron chi connectivity index (χ3n) is 5.33. The van der Waals surface area contributed by atoms with Crippen LogP contribution in [-0.2, 0) is 6.54 Å². The van der Waals surface area contributed by atoms with Crippen molar-refractivity contribution in [1.29, 1.82) is 0 Å². The Morgan fingerprint density at radius 1 is 1.04 bits per heavy atom. The second kappa shape index (κ2) is 8.57. The zero-order chi connectivity index (χ0) is 19.3. The molecule has 28 heavy (non-hydrogen) atoms. The molecule has 0 saturated carbocycles. The average molecular weight is 395 g/mol. The normalized spacial score (nSPS) is 17.3. The SMILES string of the molecule is O=C(c1cn(Cc2ccccc2Cl)nn1)N1CCC[C@@H](c2ccccc2)CC1. The lowest BCUT2D eigenvalue weighted by atomic mass is 9.92. The number of carbonyl (C=O) groups excluding carboxylic acids is 1. The monoisotopic (exact) mass is 394 g/mol. The molecule has 3 aromatic rings. The molecule has 1 amide bonds. The summed E-state index contributed by atoms with van der Waals surface area (Å²) in [6.45, 7) is 2.01. The summed E-state index contributed by atoms with van der Waals surface area (Å²) in [5.41, 5.74) is 2.71. The summed E-state index contributed by atoms with van der Waals surface area (Å²) < 4.78 is 1.67. The summed E-state index contributed by atoms with van der Waals surface area (Å²) >= 11 is 6.21. The molecule has 144 valence electrons. The number of aromatic nitrogens is 3. The van der Waals surface area contributed by atoms with Gasteiger partial charge in [-0.25, -0.2) is 4.68 Å². The Kier molecular flexibility index (Phi) is 5.72. The van der Waals surface area contributed by atoms with Crippen molar-refractivity contribution in [2.75, 3.05) is 13.1 Å². The number of hydrogen-bond acceptors (Lipinski definition) is 3. The van der Waals surface area contributed by atoms with Gasteiger partial charge in [0.1, 0.15) is 0 Å². The number of carbonyl (C=O) groups is 1. The molecule has 4 rings (SSSR count). The first kappa shape index (κ1) is 18.7. The molecule has 1 aromatic heterocycles. The fourth-order valence-corrected chi connectivity index (χ4v) is 3.99. The Morgan fingerprint density at radius 2 is 1.82 bits per heavy atom. The lowest BCUT2D eigenvalue weighted by molar-refractivity contribution is 0.0755. The molecule has 1 atom stereocenters. The summed E-state index contributed by atoms with van der Waals surface area (Å²) in [7, 11) is 0. The number of amides is 1. The van der Waals surface area contributed by atoms with Crippen LogP contribution in [-0.4, -0.2) is 38.9 Å². The number of halogens is 1. The Hall–Kier alpha value is -2.66. The average Bonchev–Trinajstić information content (AvgIpc) is 3.05. The van der Waals surface area contributed by atoms with Gasteiger partial charge in [0.25, 0.3) is 5.91 Å². The van der Waals surface area contributed by atoms with E-state index in [-0.39, 0.29) is 5.91 Å². The molecule has 6 heteroatoms. The van der Waals surface area contributed by atoms with Gasteiger partial charge in [-0.3, -0.25) is 4.79 Å². The predicted molar refractivity (Wildman–Crippen MR) is 110 cm³/mol. The number of likely N-dealkylation sites (tertiary alicyclic amines) is 1. The summed E-state index contributed by atoms with van der Waals surface area (Å²) in [6, 6.07) is 18.2. The first-order valence-electron chi connectivity index (χ1n) is 9.68. The van der Waals surface area contributed by atoms with Crippen molar-refractivity contribution in [3.8, 4) is 0 Å². The van der Waals surface area contributed by atoms with Crippen LogP contribution in [0.25, 0.3) is 0 Å². The minimum absolute atomic E-state index is 0.0425. The lowest BCUT2D eigenvalue weighted by Gasteiger charge is -2.19. The van der Waals surface area contributed by atoms with Gasteiger partial charge in [0.15, 0.2) is 5.69 Å². The summed E-state index contributed by atoms with van der Waals surface area (Å²) in [6.07, 6.45) is 4.79. The van der Waals surface area contributed by atoms with E-state index in [1.807, 2.05) is 35.2 Å². The van der Waals surface area contributed by atoms with Gasteiger partial charge in [0.2, 0.25) is 0 Å². The maximum absolute atomic E-state index is 12.9. The van der Waals surface area contributed by atoms with E-state index in [0.717, 1.165) is 37.9 Å². The van der Waals surface area contributed by atoms with Crippen molar-refractivity contribution in [2.24, 2.45) is 0 Å². The highest BCUT2D eigenvalue weighted by Crippen LogP contribution is 2.28. The number of hydrogen-bond donors (Lipinski definition) is 0. The molecule has 2 aromatic carbocycles. The van der Waals surface area contributed by atoms with Gasteiger partial charge >= 0.3 is 0 Å². The molecular weight excluding hydrogens is 372 g/mol. The van der Waals surface area contributed by atoms with E-state index < -0.39 is 0 Å². The van der Waals surface area contributed by atoms with Gasteiger partial charge in [-0.15, -0.1) is 5.10 Å². The standard InChI is InChI=1S/C22H23ClN4O/c23-20-11-5-4-9-19(20)15-27-16-21(24-25-27)22(28)26-13-6-10-18(12-14-26)17-7-2-1-3-8-17/h1-5,7-9,11,16,18H,6,10,12-15H2/t18-/m1/s1. The molecule has 5 nitrogen and oxygen atoms in total. The van der Waals surface area contributed by atoms with Gasteiger partial charge in [0, 0.05) is 18.1 Å². The van der Waals surface area contributed by atoms with Crippen molar-refractivity contribution in [3.05, 3.63) is 82.6 Å². The molecular formula is C22H23ClN4O. The minimum Gasteiger partial charge on any atom is -0.337 e. The van der Waals surface area contributed by atoms with Gasteiger partial charge in [-0.2, -0.15) is 0 Å². The Morgan fingerprint density at radius 3 is 2.64 bits per heavy atom. The maximum Gasteiger partial charge on any atom is 0.276 e. The molecule has 2 heterocycles. The van der Waals surface area contributed by atoms with Crippen LogP contribution in [0.15, 0.2) is 60.8 Å². The molecule has 0 radical (unpaired) electrons. The second-order valence-corrected chi connectivity index (χ2v) is 7.63. The van der Waals surface area contributed by atoms with Crippen LogP contribution < -0.4 is 0 Å². The first-order valence-corrected chi connectivity index (χ1v) is 10.1. The molecule has 1 aliphatic rings. The van der Waals surface area contributed by atoms with Crippen molar-refractivity contribution in [2.45, 2.75) is 31.7 Å². The van der Waals surface area contributed by atoms with Crippen molar-refractivity contribution >= 4 is 17.5 Å². The maximum atomic E-state index is 12.9. The molecule has 0 N–H and O–H groups in total. The fraction of sp³-hybridized carbons (Fsp3) is 0.318. The fourth-order valence-electron chi connectivity index (χ4n) is 3.79. The van der Waals surface area contributed by atoms with E-state index in [9.17, 15) is 4.79 Å². The van der Waals surface area contributed by atoms with E-state index in [0.29, 0.717) is 23.2 Å². The highest BCUT2D eigenvalue weighted by molar-refractivity contribution is 6.31. The topological polar surface area (TPSA) is 51.0 Å². The molecule has 0 aliphatic carbocycles. The van der Waals surface area contributed by atoms with E-state index >= 15 is 0 Å². The van der Waals surface area contributed by atoms with E-state index in [2.05, 4.69) is 34.6 Å². The van der Waals surface area contributed by atoms with Crippen molar-refractivity contribution in [3.63, 3.8) is 0 Å². The number of benzene rings is 2. The highest BCUT2D eigenvalue weighted by atomic mass is 35.5. The van der Waals surface area contributed by atoms with Crippen LogP contribution in [0.2, 0.25) is 5.02 Å². The van der Waals surface area contributed by atoms with E-state index in [1.165, 1.54) is 5.56 Å². The Labute approximate surface area is 169 Å². The van der Waals surface area contributed by atoms with Crippen LogP contribution in [0.1, 0.15) is 46.8 Å². The minimum atomic E-state index is -0.0425. The Balaban J connectivity index is 1.41. The largest absolute Gasteiger partial charge is 0.337 e. The van der Waals surface area contributed by atoms with E-state index in [1.54, 1.807) is 10.9 Å². The quantitative estimate of drug-likeness (QED) is 0.659. The summed E-state index contributed by atoms with van der Waals surface area (Å²) in [4.78, 5) is 14.8. The molecule has 0 spiro atoms. The van der Waals surface area contributed by atoms with Crippen LogP contribution in [0.5, 0.6) is 0 Å². The summed E-state index contributed by atoms with van der Waals surface area (Å²) in [5.74, 6) is 0.467. The molecule has 0 bridgehead atoms. The van der Waals surface area contributed by atoms with Crippen LogP contribution >= 0.6 is 11.6 Å². The molecule has 1 fully saturated rings. The predicted octanol–water partition coefficient (Wildman–Crippen LogP) is 4.39. The number of nitrogens with zero attached hydrogens (tertiary/aromatic N) is 4. The van der Waals surface area contributed by atoms with E-state index in [4.69, 9.17) is 11.6 Å². The first-order chi connectivity index (χ1) is 13.7. The van der Waals surface area contributed by atoms with Gasteiger partial charge < -0.3 is 4.90 Å².